The van der Waals surface area contributed by atoms with E-state index < -0.39 is 16.9 Å². The maximum atomic E-state index is 11.7. The highest BCUT2D eigenvalue weighted by Crippen LogP contribution is 2.08. The third-order valence-corrected chi connectivity index (χ3v) is 3.31. The Labute approximate surface area is 108 Å². The largest absolute Gasteiger partial charge is 0.383 e. The van der Waals surface area contributed by atoms with Crippen LogP contribution in [0.3, 0.4) is 0 Å². The van der Waals surface area contributed by atoms with Crippen LogP contribution in [0.5, 0.6) is 0 Å². The molecule has 0 aromatic heterocycles. The molecule has 1 unspecified atom stereocenters. The first-order chi connectivity index (χ1) is 8.56. The summed E-state index contributed by atoms with van der Waals surface area (Å²) < 4.78 is 19.3. The minimum absolute atomic E-state index is 0.264. The number of benzene rings is 1. The lowest BCUT2D eigenvalue weighted by molar-refractivity contribution is -0.112. The molecule has 98 valence electrons. The van der Waals surface area contributed by atoms with Crippen molar-refractivity contribution < 1.29 is 13.7 Å². The van der Waals surface area contributed by atoms with Crippen molar-refractivity contribution in [3.05, 3.63) is 29.8 Å². The van der Waals surface area contributed by atoms with E-state index in [2.05, 4.69) is 4.72 Å². The van der Waals surface area contributed by atoms with Gasteiger partial charge in [-0.2, -0.15) is 0 Å². The average Bonchev–Trinajstić information content (AvgIpc) is 2.38. The quantitative estimate of drug-likeness (QED) is 0.471. The monoisotopic (exact) mass is 269 g/mol. The maximum Gasteiger partial charge on any atom is 0.267 e. The van der Waals surface area contributed by atoms with Crippen molar-refractivity contribution in [1.29, 1.82) is 5.41 Å². The van der Waals surface area contributed by atoms with E-state index in [0.717, 1.165) is 0 Å². The van der Waals surface area contributed by atoms with Gasteiger partial charge >= 0.3 is 0 Å². The number of nitrogens with one attached hydrogen (secondary N) is 2. The Kier molecular flexibility index (Phi) is 5.63. The molecule has 1 rings (SSSR count). The van der Waals surface area contributed by atoms with Gasteiger partial charge in [0.25, 0.3) is 5.91 Å². The molecule has 1 aromatic rings. The van der Waals surface area contributed by atoms with E-state index in [1.54, 1.807) is 31.4 Å². The first kappa shape index (κ1) is 14.5. The molecule has 1 aromatic carbocycles. The highest BCUT2D eigenvalue weighted by Gasteiger charge is 2.09. The molecule has 0 fully saturated rings. The maximum absolute atomic E-state index is 11.7. The minimum Gasteiger partial charge on any atom is -0.383 e. The molecule has 0 spiro atoms. The first-order valence-electron chi connectivity index (χ1n) is 5.19. The summed E-state index contributed by atoms with van der Waals surface area (Å²) in [5.41, 5.74) is 5.14. The summed E-state index contributed by atoms with van der Waals surface area (Å²) in [4.78, 5) is 11.4. The molecule has 0 aliphatic heterocycles. The highest BCUT2D eigenvalue weighted by molar-refractivity contribution is 7.83. The summed E-state index contributed by atoms with van der Waals surface area (Å²) in [6, 6.07) is 6.25. The number of nitrogens with two attached hydrogens (primary N) is 1. The van der Waals surface area contributed by atoms with Crippen LogP contribution in [0.4, 0.5) is 0 Å². The number of primary amides is 1. The molecular formula is C11H15N3O3S. The van der Waals surface area contributed by atoms with Crippen molar-refractivity contribution in [2.45, 2.75) is 4.90 Å². The number of ether oxygens (including phenoxy) is 1. The van der Waals surface area contributed by atoms with Crippen molar-refractivity contribution in [2.75, 3.05) is 20.3 Å². The van der Waals surface area contributed by atoms with Crippen LogP contribution in [0, 0.1) is 5.41 Å². The first-order valence-corrected chi connectivity index (χ1v) is 6.34. The highest BCUT2D eigenvalue weighted by atomic mass is 32.2. The van der Waals surface area contributed by atoms with Gasteiger partial charge in [-0.3, -0.25) is 10.2 Å². The predicted octanol–water partition coefficient (Wildman–Crippen LogP) is -0.202. The molecule has 6 nitrogen and oxygen atoms in total. The molecule has 1 atom stereocenters. The Morgan fingerprint density at radius 1 is 1.44 bits per heavy atom. The second-order valence-corrected chi connectivity index (χ2v) is 4.72. The lowest BCUT2D eigenvalue weighted by Crippen LogP contribution is -2.23. The standard InChI is InChI=1S/C11H15N3O3S/c1-17-7-6-14-18(16)9-4-2-8(3-5-9)10(12)11(13)15/h2-5,12,14H,6-7H2,1H3,(H2,13,15). The lowest BCUT2D eigenvalue weighted by Gasteiger charge is -2.05. The molecule has 0 heterocycles. The van der Waals surface area contributed by atoms with Gasteiger partial charge < -0.3 is 10.5 Å². The molecule has 18 heavy (non-hydrogen) atoms. The Balaban J connectivity index is 2.68. The van der Waals surface area contributed by atoms with E-state index in [9.17, 15) is 9.00 Å². The normalized spacial score (nSPS) is 12.1. The Hall–Kier alpha value is -1.57. The second kappa shape index (κ2) is 7.00. The molecule has 0 aliphatic rings. The predicted molar refractivity (Wildman–Crippen MR) is 68.8 cm³/mol. The fourth-order valence-electron chi connectivity index (χ4n) is 1.21. The average molecular weight is 269 g/mol. The van der Waals surface area contributed by atoms with Gasteiger partial charge in [0.2, 0.25) is 0 Å². The number of carbonyl (C=O) groups excluding carboxylic acids is 1. The van der Waals surface area contributed by atoms with Gasteiger partial charge in [-0.15, -0.1) is 0 Å². The number of carbonyl (C=O) groups is 1. The second-order valence-electron chi connectivity index (χ2n) is 3.42. The topological polar surface area (TPSA) is 105 Å². The molecular weight excluding hydrogens is 254 g/mol. The third-order valence-electron chi connectivity index (χ3n) is 2.14. The van der Waals surface area contributed by atoms with Crippen molar-refractivity contribution in [2.24, 2.45) is 5.73 Å². The number of hydrogen-bond donors (Lipinski definition) is 3. The van der Waals surface area contributed by atoms with E-state index in [1.807, 2.05) is 0 Å². The summed E-state index contributed by atoms with van der Waals surface area (Å²) >= 11 is 0. The molecule has 1 amide bonds. The zero-order valence-electron chi connectivity index (χ0n) is 9.93. The van der Waals surface area contributed by atoms with Gasteiger partial charge in [0.15, 0.2) is 0 Å². The van der Waals surface area contributed by atoms with Gasteiger partial charge in [-0.1, -0.05) is 12.1 Å². The van der Waals surface area contributed by atoms with Gasteiger partial charge in [0, 0.05) is 19.2 Å². The SMILES string of the molecule is COCCNS(=O)c1ccc(C(=N)C(N)=O)cc1. The van der Waals surface area contributed by atoms with Gasteiger partial charge in [-0.25, -0.2) is 8.93 Å². The van der Waals surface area contributed by atoms with E-state index in [0.29, 0.717) is 23.6 Å². The lowest BCUT2D eigenvalue weighted by atomic mass is 10.1. The number of methoxy groups -OCH3 is 1. The van der Waals surface area contributed by atoms with Gasteiger partial charge in [0.05, 0.1) is 11.5 Å². The van der Waals surface area contributed by atoms with Crippen molar-refractivity contribution in [3.8, 4) is 0 Å². The summed E-state index contributed by atoms with van der Waals surface area (Å²) in [6.07, 6.45) is 0. The van der Waals surface area contributed by atoms with Crippen molar-refractivity contribution in [1.82, 2.24) is 4.72 Å². The van der Waals surface area contributed by atoms with Gasteiger partial charge in [0.1, 0.15) is 16.7 Å². The van der Waals surface area contributed by atoms with E-state index in [-0.39, 0.29) is 5.71 Å². The number of amides is 1. The molecule has 0 saturated heterocycles. The Bertz CT molecular complexity index is 459. The van der Waals surface area contributed by atoms with Crippen LogP contribution in [0.25, 0.3) is 0 Å². The van der Waals surface area contributed by atoms with Crippen LogP contribution in [0.15, 0.2) is 29.2 Å². The van der Waals surface area contributed by atoms with Crippen molar-refractivity contribution >= 4 is 22.6 Å². The fraction of sp³-hybridized carbons (Fsp3) is 0.273. The summed E-state index contributed by atoms with van der Waals surface area (Å²) in [5, 5.41) is 7.42. The van der Waals surface area contributed by atoms with Crippen LogP contribution in [-0.4, -0.2) is 36.1 Å². The molecule has 0 radical (unpaired) electrons. The Morgan fingerprint density at radius 3 is 2.56 bits per heavy atom. The zero-order valence-corrected chi connectivity index (χ0v) is 10.8. The van der Waals surface area contributed by atoms with E-state index in [4.69, 9.17) is 15.9 Å². The Morgan fingerprint density at radius 2 is 2.06 bits per heavy atom. The third kappa shape index (κ3) is 4.02. The summed E-state index contributed by atoms with van der Waals surface area (Å²) in [6.45, 7) is 0.943. The van der Waals surface area contributed by atoms with Crippen LogP contribution < -0.4 is 10.5 Å². The molecule has 0 aliphatic carbocycles. The van der Waals surface area contributed by atoms with Crippen LogP contribution >= 0.6 is 0 Å². The molecule has 0 saturated carbocycles. The molecule has 7 heteroatoms. The fourth-order valence-corrected chi connectivity index (χ4v) is 2.03. The number of hydrogen-bond acceptors (Lipinski definition) is 4. The van der Waals surface area contributed by atoms with Crippen LogP contribution in [0.2, 0.25) is 0 Å². The van der Waals surface area contributed by atoms with Crippen LogP contribution in [-0.2, 0) is 20.5 Å². The van der Waals surface area contributed by atoms with Crippen molar-refractivity contribution in [3.63, 3.8) is 0 Å². The smallest absolute Gasteiger partial charge is 0.267 e. The molecule has 4 N–H and O–H groups in total. The van der Waals surface area contributed by atoms with E-state index >= 15 is 0 Å². The zero-order chi connectivity index (χ0) is 13.5. The number of rotatable bonds is 7. The van der Waals surface area contributed by atoms with Gasteiger partial charge in [-0.05, 0) is 12.1 Å². The minimum atomic E-state index is -1.33. The molecule has 0 bridgehead atoms. The van der Waals surface area contributed by atoms with Crippen LogP contribution in [0.1, 0.15) is 5.56 Å². The summed E-state index contributed by atoms with van der Waals surface area (Å²) in [5.74, 6) is -0.790. The summed E-state index contributed by atoms with van der Waals surface area (Å²) in [7, 11) is 0.231. The van der Waals surface area contributed by atoms with E-state index in [1.165, 1.54) is 0 Å².